The number of anilines is 1. The number of carbonyl (C=O) groups is 2. The van der Waals surface area contributed by atoms with E-state index in [1.807, 2.05) is 30.3 Å². The summed E-state index contributed by atoms with van der Waals surface area (Å²) < 4.78 is 15.7. The van der Waals surface area contributed by atoms with Crippen LogP contribution in [0.3, 0.4) is 0 Å². The first-order chi connectivity index (χ1) is 14.1. The van der Waals surface area contributed by atoms with E-state index < -0.39 is 6.10 Å². The average Bonchev–Trinajstić information content (AvgIpc) is 2.76. The fourth-order valence-corrected chi connectivity index (χ4v) is 2.84. The first-order valence-electron chi connectivity index (χ1n) is 9.79. The van der Waals surface area contributed by atoms with E-state index in [-0.39, 0.29) is 11.9 Å². The van der Waals surface area contributed by atoms with E-state index in [1.165, 1.54) is 7.11 Å². The maximum absolute atomic E-state index is 12.8. The molecule has 1 atom stereocenters. The third-order valence-electron chi connectivity index (χ3n) is 4.52. The molecule has 2 rings (SSSR count). The van der Waals surface area contributed by atoms with Gasteiger partial charge in [-0.1, -0.05) is 43.2 Å². The number of carbonyl (C=O) groups excluding carboxylic acids is 2. The van der Waals surface area contributed by atoms with Crippen LogP contribution in [0.5, 0.6) is 5.75 Å². The highest BCUT2D eigenvalue weighted by atomic mass is 16.5. The molecule has 6 heteroatoms. The number of amides is 1. The molecule has 6 nitrogen and oxygen atoms in total. The van der Waals surface area contributed by atoms with Crippen LogP contribution in [0.4, 0.5) is 5.69 Å². The Morgan fingerprint density at radius 1 is 0.931 bits per heavy atom. The monoisotopic (exact) mass is 399 g/mol. The molecule has 2 aromatic carbocycles. The van der Waals surface area contributed by atoms with Gasteiger partial charge in [-0.25, -0.2) is 0 Å². The van der Waals surface area contributed by atoms with Crippen molar-refractivity contribution in [3.05, 3.63) is 60.2 Å². The van der Waals surface area contributed by atoms with Gasteiger partial charge in [-0.15, -0.1) is 0 Å². The predicted octanol–water partition coefficient (Wildman–Crippen LogP) is 4.34. The zero-order valence-electron chi connectivity index (χ0n) is 17.1. The summed E-state index contributed by atoms with van der Waals surface area (Å²) in [6, 6.07) is 16.9. The van der Waals surface area contributed by atoms with E-state index in [0.717, 1.165) is 30.6 Å². The minimum atomic E-state index is -0.574. The normalized spacial score (nSPS) is 11.5. The van der Waals surface area contributed by atoms with Gasteiger partial charge < -0.3 is 19.5 Å². The minimum Gasteiger partial charge on any atom is -0.497 e. The average molecular weight is 399 g/mol. The molecule has 1 unspecified atom stereocenters. The van der Waals surface area contributed by atoms with Crippen LogP contribution >= 0.6 is 0 Å². The summed E-state index contributed by atoms with van der Waals surface area (Å²) >= 11 is 0. The van der Waals surface area contributed by atoms with Gasteiger partial charge in [0.2, 0.25) is 0 Å². The molecule has 0 heterocycles. The molecule has 156 valence electrons. The molecule has 0 aromatic heterocycles. The quantitative estimate of drug-likeness (QED) is 0.424. The third kappa shape index (κ3) is 8.35. The van der Waals surface area contributed by atoms with Gasteiger partial charge in [0.05, 0.1) is 20.8 Å². The number of benzene rings is 2. The van der Waals surface area contributed by atoms with Crippen molar-refractivity contribution in [3.63, 3.8) is 0 Å². The van der Waals surface area contributed by atoms with Crippen molar-refractivity contribution in [2.75, 3.05) is 19.5 Å². The van der Waals surface area contributed by atoms with Crippen molar-refractivity contribution >= 4 is 17.6 Å². The minimum absolute atomic E-state index is 0.181. The van der Waals surface area contributed by atoms with Gasteiger partial charge >= 0.3 is 5.97 Å². The lowest BCUT2D eigenvalue weighted by molar-refractivity contribution is -0.140. The Kier molecular flexibility index (Phi) is 9.72. The number of esters is 1. The molecule has 0 radical (unpaired) electrons. The summed E-state index contributed by atoms with van der Waals surface area (Å²) in [6.07, 6.45) is 2.75. The smallest absolute Gasteiger partial charge is 0.305 e. The second kappa shape index (κ2) is 12.6. The van der Waals surface area contributed by atoms with E-state index in [2.05, 4.69) is 10.1 Å². The number of unbranched alkanes of at least 4 members (excludes halogenated alkanes) is 2. The highest BCUT2D eigenvalue weighted by molar-refractivity contribution is 5.94. The summed E-state index contributed by atoms with van der Waals surface area (Å²) in [5, 5.41) is 2.90. The van der Waals surface area contributed by atoms with Crippen LogP contribution < -0.4 is 10.1 Å². The summed E-state index contributed by atoms with van der Waals surface area (Å²) in [6.45, 7) is 0.365. The standard InChI is InChI=1S/C23H29NO5/c1-27-20-15-13-19(14-16-20)24-23(26)21(11-7-4-8-12-22(25)28-2)29-17-18-9-5-3-6-10-18/h3,5-6,9-10,13-16,21H,4,7-8,11-12,17H2,1-2H3,(H,24,26). The number of hydrogen-bond acceptors (Lipinski definition) is 5. The Labute approximate surface area is 172 Å². The van der Waals surface area contributed by atoms with Crippen LogP contribution in [0, 0.1) is 0 Å². The molecule has 0 saturated carbocycles. The van der Waals surface area contributed by atoms with Crippen LogP contribution in [0.15, 0.2) is 54.6 Å². The van der Waals surface area contributed by atoms with Crippen molar-refractivity contribution in [1.29, 1.82) is 0 Å². The Bertz CT molecular complexity index is 746. The van der Waals surface area contributed by atoms with E-state index in [9.17, 15) is 9.59 Å². The molecule has 29 heavy (non-hydrogen) atoms. The number of nitrogens with one attached hydrogen (secondary N) is 1. The predicted molar refractivity (Wildman–Crippen MR) is 112 cm³/mol. The molecule has 1 N–H and O–H groups in total. The molecular formula is C23H29NO5. The maximum Gasteiger partial charge on any atom is 0.305 e. The lowest BCUT2D eigenvalue weighted by atomic mass is 10.1. The Hall–Kier alpha value is -2.86. The van der Waals surface area contributed by atoms with Crippen molar-refractivity contribution in [1.82, 2.24) is 0 Å². The number of hydrogen-bond donors (Lipinski definition) is 1. The fraction of sp³-hybridized carbons (Fsp3) is 0.391. The van der Waals surface area contributed by atoms with Gasteiger partial charge in [0.25, 0.3) is 5.91 Å². The van der Waals surface area contributed by atoms with Crippen LogP contribution in [0.2, 0.25) is 0 Å². The van der Waals surface area contributed by atoms with Crippen LogP contribution in [-0.2, 0) is 25.7 Å². The van der Waals surface area contributed by atoms with E-state index >= 15 is 0 Å². The number of ether oxygens (including phenoxy) is 3. The van der Waals surface area contributed by atoms with Gasteiger partial charge in [0.1, 0.15) is 11.9 Å². The summed E-state index contributed by atoms with van der Waals surface area (Å²) in [7, 11) is 2.99. The summed E-state index contributed by atoms with van der Waals surface area (Å²) in [5.41, 5.74) is 1.70. The second-order valence-electron chi connectivity index (χ2n) is 6.68. The topological polar surface area (TPSA) is 73.9 Å². The van der Waals surface area contributed by atoms with Crippen LogP contribution in [0.25, 0.3) is 0 Å². The van der Waals surface area contributed by atoms with Crippen molar-refractivity contribution in [2.24, 2.45) is 0 Å². The molecule has 2 aromatic rings. The lowest BCUT2D eigenvalue weighted by Crippen LogP contribution is -2.30. The van der Waals surface area contributed by atoms with Gasteiger partial charge in [0, 0.05) is 12.1 Å². The summed E-state index contributed by atoms with van der Waals surface area (Å²) in [5.74, 6) is 0.337. The van der Waals surface area contributed by atoms with Gasteiger partial charge in [-0.2, -0.15) is 0 Å². The molecule has 0 aliphatic heterocycles. The van der Waals surface area contributed by atoms with Gasteiger partial charge in [0.15, 0.2) is 0 Å². The summed E-state index contributed by atoms with van der Waals surface area (Å²) in [4.78, 5) is 24.0. The molecule has 0 fully saturated rings. The lowest BCUT2D eigenvalue weighted by Gasteiger charge is -2.18. The molecule has 0 aliphatic rings. The first kappa shape index (κ1) is 22.4. The van der Waals surface area contributed by atoms with Crippen molar-refractivity contribution in [3.8, 4) is 5.75 Å². The molecule has 0 bridgehead atoms. The third-order valence-corrected chi connectivity index (χ3v) is 4.52. The molecule has 0 saturated heterocycles. The van der Waals surface area contributed by atoms with Crippen LogP contribution in [-0.4, -0.2) is 32.2 Å². The van der Waals surface area contributed by atoms with Crippen LogP contribution in [0.1, 0.15) is 37.7 Å². The molecule has 0 spiro atoms. The molecule has 1 amide bonds. The number of rotatable bonds is 12. The molecule has 0 aliphatic carbocycles. The van der Waals surface area contributed by atoms with Crippen molar-refractivity contribution in [2.45, 2.75) is 44.8 Å². The maximum atomic E-state index is 12.8. The van der Waals surface area contributed by atoms with Gasteiger partial charge in [-0.3, -0.25) is 9.59 Å². The highest BCUT2D eigenvalue weighted by Crippen LogP contribution is 2.17. The SMILES string of the molecule is COC(=O)CCCCCC(OCc1ccccc1)C(=O)Nc1ccc(OC)cc1. The fourth-order valence-electron chi connectivity index (χ4n) is 2.84. The number of methoxy groups -OCH3 is 2. The highest BCUT2D eigenvalue weighted by Gasteiger charge is 2.19. The van der Waals surface area contributed by atoms with Gasteiger partial charge in [-0.05, 0) is 42.7 Å². The largest absolute Gasteiger partial charge is 0.497 e. The first-order valence-corrected chi connectivity index (χ1v) is 9.79. The Morgan fingerprint density at radius 3 is 2.31 bits per heavy atom. The van der Waals surface area contributed by atoms with E-state index in [0.29, 0.717) is 25.1 Å². The zero-order valence-corrected chi connectivity index (χ0v) is 17.1. The zero-order chi connectivity index (χ0) is 20.9. The van der Waals surface area contributed by atoms with E-state index in [4.69, 9.17) is 9.47 Å². The molecular weight excluding hydrogens is 370 g/mol. The Balaban J connectivity index is 1.90. The Morgan fingerprint density at radius 2 is 1.66 bits per heavy atom. The van der Waals surface area contributed by atoms with E-state index in [1.54, 1.807) is 31.4 Å². The van der Waals surface area contributed by atoms with Crippen molar-refractivity contribution < 1.29 is 23.8 Å². The second-order valence-corrected chi connectivity index (χ2v) is 6.68.